The van der Waals surface area contributed by atoms with Gasteiger partial charge in [0.1, 0.15) is 18.0 Å². The van der Waals surface area contributed by atoms with Gasteiger partial charge in [-0.1, -0.05) is 47.5 Å². The van der Waals surface area contributed by atoms with Crippen LogP contribution in [0.2, 0.25) is 10.0 Å². The number of para-hydroxylation sites is 1. The van der Waals surface area contributed by atoms with Crippen LogP contribution in [0.1, 0.15) is 0 Å². The van der Waals surface area contributed by atoms with E-state index in [1.165, 1.54) is 6.07 Å². The molecule has 0 bridgehead atoms. The Morgan fingerprint density at radius 2 is 1.44 bits per heavy atom. The Balaban J connectivity index is 1.43. The second-order valence-corrected chi connectivity index (χ2v) is 9.37. The van der Waals surface area contributed by atoms with Gasteiger partial charge in [-0.05, 0) is 48.5 Å². The van der Waals surface area contributed by atoms with Crippen LogP contribution in [0.5, 0.6) is 0 Å². The lowest BCUT2D eigenvalue weighted by atomic mass is 10.2. The molecule has 180 valence electrons. The van der Waals surface area contributed by atoms with E-state index in [0.29, 0.717) is 58.9 Å². The lowest BCUT2D eigenvalue weighted by Gasteiger charge is -2.36. The van der Waals surface area contributed by atoms with Gasteiger partial charge >= 0.3 is 0 Å². The van der Waals surface area contributed by atoms with Crippen molar-refractivity contribution in [3.05, 3.63) is 95.0 Å². The van der Waals surface area contributed by atoms with E-state index in [9.17, 15) is 4.39 Å². The van der Waals surface area contributed by atoms with Crippen LogP contribution in [0.3, 0.4) is 0 Å². The van der Waals surface area contributed by atoms with Crippen LogP contribution in [0.4, 0.5) is 15.9 Å². The third-order valence-corrected chi connectivity index (χ3v) is 6.98. The van der Waals surface area contributed by atoms with Crippen molar-refractivity contribution >= 4 is 45.9 Å². The van der Waals surface area contributed by atoms with Gasteiger partial charge in [0.25, 0.3) is 0 Å². The number of anilines is 2. The van der Waals surface area contributed by atoms with Gasteiger partial charge in [-0.3, -0.25) is 4.57 Å². The molecule has 6 rings (SSSR count). The van der Waals surface area contributed by atoms with Gasteiger partial charge in [0.2, 0.25) is 0 Å². The zero-order valence-electron chi connectivity index (χ0n) is 19.2. The van der Waals surface area contributed by atoms with Crippen molar-refractivity contribution in [2.24, 2.45) is 0 Å². The van der Waals surface area contributed by atoms with E-state index in [2.05, 4.69) is 19.8 Å². The second kappa shape index (κ2) is 9.41. The number of fused-ring (bicyclic) bond motifs is 1. The van der Waals surface area contributed by atoms with Gasteiger partial charge < -0.3 is 9.80 Å². The van der Waals surface area contributed by atoms with Gasteiger partial charge in [-0.15, -0.1) is 0 Å². The summed E-state index contributed by atoms with van der Waals surface area (Å²) in [4.78, 5) is 18.5. The highest BCUT2D eigenvalue weighted by atomic mass is 35.5. The van der Waals surface area contributed by atoms with E-state index in [0.717, 1.165) is 17.1 Å². The number of aromatic nitrogens is 4. The highest BCUT2D eigenvalue weighted by Crippen LogP contribution is 2.35. The summed E-state index contributed by atoms with van der Waals surface area (Å²) >= 11 is 12.7. The van der Waals surface area contributed by atoms with Crippen LogP contribution in [-0.2, 0) is 0 Å². The van der Waals surface area contributed by atoms with E-state index < -0.39 is 0 Å². The minimum absolute atomic E-state index is 0.207. The summed E-state index contributed by atoms with van der Waals surface area (Å²) in [6.45, 7) is 2.69. The topological polar surface area (TPSA) is 50.1 Å². The average Bonchev–Trinajstić information content (AvgIpc) is 3.29. The first-order valence-corrected chi connectivity index (χ1v) is 12.3. The third kappa shape index (κ3) is 4.04. The summed E-state index contributed by atoms with van der Waals surface area (Å²) in [6.07, 6.45) is 1.56. The average molecular weight is 519 g/mol. The summed E-state index contributed by atoms with van der Waals surface area (Å²) in [5.41, 5.74) is 3.64. The van der Waals surface area contributed by atoms with Gasteiger partial charge in [-0.25, -0.2) is 19.3 Å². The summed E-state index contributed by atoms with van der Waals surface area (Å²) in [5.74, 6) is 1.21. The van der Waals surface area contributed by atoms with Crippen molar-refractivity contribution < 1.29 is 4.39 Å². The van der Waals surface area contributed by atoms with E-state index in [4.69, 9.17) is 28.2 Å². The summed E-state index contributed by atoms with van der Waals surface area (Å²) in [6, 6.07) is 22.0. The molecular formula is C27H21Cl2FN6. The first-order valence-electron chi connectivity index (χ1n) is 11.6. The quantitative estimate of drug-likeness (QED) is 0.281. The van der Waals surface area contributed by atoms with Crippen LogP contribution >= 0.6 is 23.2 Å². The van der Waals surface area contributed by atoms with Crippen molar-refractivity contribution in [2.75, 3.05) is 36.0 Å². The number of halogens is 3. The Morgan fingerprint density at radius 1 is 0.750 bits per heavy atom. The second-order valence-electron chi connectivity index (χ2n) is 8.52. The number of imidazole rings is 1. The van der Waals surface area contributed by atoms with Gasteiger partial charge in [0, 0.05) is 42.5 Å². The molecule has 3 heterocycles. The van der Waals surface area contributed by atoms with Crippen LogP contribution in [0, 0.1) is 5.82 Å². The number of nitrogens with zero attached hydrogens (tertiary/aromatic N) is 6. The first kappa shape index (κ1) is 22.8. The fraction of sp³-hybridized carbons (Fsp3) is 0.148. The van der Waals surface area contributed by atoms with Crippen LogP contribution in [0.15, 0.2) is 79.1 Å². The molecule has 1 saturated heterocycles. The van der Waals surface area contributed by atoms with Crippen LogP contribution < -0.4 is 9.80 Å². The first-order chi connectivity index (χ1) is 17.6. The predicted molar refractivity (Wildman–Crippen MR) is 143 cm³/mol. The molecule has 0 N–H and O–H groups in total. The highest BCUT2D eigenvalue weighted by molar-refractivity contribution is 6.33. The van der Waals surface area contributed by atoms with Gasteiger partial charge in [0.15, 0.2) is 17.0 Å². The summed E-state index contributed by atoms with van der Waals surface area (Å²) in [5, 5.41) is 1.24. The smallest absolute Gasteiger partial charge is 0.170 e. The van der Waals surface area contributed by atoms with Crippen LogP contribution in [-0.4, -0.2) is 45.7 Å². The number of benzene rings is 3. The summed E-state index contributed by atoms with van der Waals surface area (Å²) < 4.78 is 16.3. The Hall–Kier alpha value is -3.68. The van der Waals surface area contributed by atoms with Gasteiger partial charge in [-0.2, -0.15) is 0 Å². The van der Waals surface area contributed by atoms with E-state index in [-0.39, 0.29) is 5.82 Å². The molecule has 1 aliphatic rings. The maximum atomic E-state index is 14.3. The fourth-order valence-electron chi connectivity index (χ4n) is 4.64. The molecule has 1 aliphatic heterocycles. The minimum Gasteiger partial charge on any atom is -0.366 e. The Morgan fingerprint density at radius 3 is 2.19 bits per heavy atom. The van der Waals surface area contributed by atoms with Crippen molar-refractivity contribution in [2.45, 2.75) is 0 Å². The molecule has 1 fully saturated rings. The maximum absolute atomic E-state index is 14.3. The van der Waals surface area contributed by atoms with Crippen LogP contribution in [0.25, 0.3) is 28.2 Å². The third-order valence-electron chi connectivity index (χ3n) is 6.40. The lowest BCUT2D eigenvalue weighted by molar-refractivity contribution is 0.596. The zero-order chi connectivity index (χ0) is 24.6. The number of hydrogen-bond donors (Lipinski definition) is 0. The number of piperazine rings is 1. The molecule has 2 aromatic heterocycles. The molecule has 3 aromatic carbocycles. The SMILES string of the molecule is Fc1ccccc1N1CCN(c2ncnc3c2nc(-c2ccccc2Cl)n3-c2ccc(Cl)cc2)CC1. The molecule has 0 aliphatic carbocycles. The van der Waals surface area contributed by atoms with Crippen molar-refractivity contribution in [3.63, 3.8) is 0 Å². The summed E-state index contributed by atoms with van der Waals surface area (Å²) in [7, 11) is 0. The number of rotatable bonds is 4. The molecule has 5 aromatic rings. The van der Waals surface area contributed by atoms with E-state index in [1.54, 1.807) is 12.4 Å². The normalized spacial score (nSPS) is 14.0. The Bertz CT molecular complexity index is 1540. The molecule has 0 saturated carbocycles. The Kier molecular flexibility index (Phi) is 5.95. The molecule has 6 nitrogen and oxygen atoms in total. The molecule has 36 heavy (non-hydrogen) atoms. The largest absolute Gasteiger partial charge is 0.366 e. The van der Waals surface area contributed by atoms with Gasteiger partial charge in [0.05, 0.1) is 10.7 Å². The fourth-order valence-corrected chi connectivity index (χ4v) is 4.98. The highest BCUT2D eigenvalue weighted by Gasteiger charge is 2.25. The standard InChI is InChI=1S/C27H21Cl2FN6/c28-18-9-11-19(12-10-18)36-25(20-5-1-2-6-21(20)29)33-24-26(31-17-32-27(24)36)35-15-13-34(14-16-35)23-8-4-3-7-22(23)30/h1-12,17H,13-16H2. The molecule has 0 unspecified atom stereocenters. The molecule has 0 radical (unpaired) electrons. The molecular weight excluding hydrogens is 498 g/mol. The maximum Gasteiger partial charge on any atom is 0.170 e. The molecule has 0 amide bonds. The Labute approximate surface area is 217 Å². The molecule has 9 heteroatoms. The van der Waals surface area contributed by atoms with Crippen molar-refractivity contribution in [1.29, 1.82) is 0 Å². The number of hydrogen-bond acceptors (Lipinski definition) is 5. The lowest BCUT2D eigenvalue weighted by Crippen LogP contribution is -2.47. The van der Waals surface area contributed by atoms with E-state index >= 15 is 0 Å². The molecule has 0 atom stereocenters. The predicted octanol–water partition coefficient (Wildman–Crippen LogP) is 6.26. The van der Waals surface area contributed by atoms with E-state index in [1.807, 2.05) is 65.2 Å². The zero-order valence-corrected chi connectivity index (χ0v) is 20.7. The van der Waals surface area contributed by atoms with Crippen molar-refractivity contribution in [1.82, 2.24) is 19.5 Å². The molecule has 0 spiro atoms. The minimum atomic E-state index is -0.207. The monoisotopic (exact) mass is 518 g/mol. The van der Waals surface area contributed by atoms with Crippen molar-refractivity contribution in [3.8, 4) is 17.1 Å².